The molecule has 4 rings (SSSR count). The van der Waals surface area contributed by atoms with Crippen molar-refractivity contribution in [2.24, 2.45) is 0 Å². The molecule has 0 saturated heterocycles. The van der Waals surface area contributed by atoms with Crippen molar-refractivity contribution in [3.8, 4) is 5.75 Å². The van der Waals surface area contributed by atoms with Crippen molar-refractivity contribution >= 4 is 62.5 Å². The normalized spacial score (nSPS) is 14.2. The largest absolute Gasteiger partial charge is 0.482 e. The summed E-state index contributed by atoms with van der Waals surface area (Å²) in [7, 11) is 0. The zero-order valence-electron chi connectivity index (χ0n) is 20.6. The molecule has 5 nitrogen and oxygen atoms in total. The van der Waals surface area contributed by atoms with Gasteiger partial charge in [0.25, 0.3) is 5.91 Å². The van der Waals surface area contributed by atoms with E-state index < -0.39 is 6.04 Å². The maximum absolute atomic E-state index is 13.7. The number of carbonyl (C=O) groups is 2. The Labute approximate surface area is 246 Å². The maximum Gasteiger partial charge on any atom is 0.261 e. The van der Waals surface area contributed by atoms with Crippen LogP contribution in [-0.4, -0.2) is 35.4 Å². The van der Waals surface area contributed by atoms with Crippen molar-refractivity contribution in [2.45, 2.75) is 50.7 Å². The molecular formula is C29H28BrCl3N2O3. The van der Waals surface area contributed by atoms with E-state index in [2.05, 4.69) is 21.2 Å². The van der Waals surface area contributed by atoms with Gasteiger partial charge in [0.1, 0.15) is 11.8 Å². The molecule has 9 heteroatoms. The van der Waals surface area contributed by atoms with Crippen LogP contribution in [-0.2, 0) is 22.6 Å². The van der Waals surface area contributed by atoms with Gasteiger partial charge in [-0.25, -0.2) is 0 Å². The quantitative estimate of drug-likeness (QED) is 0.251. The van der Waals surface area contributed by atoms with E-state index in [1.165, 1.54) is 0 Å². The molecule has 0 radical (unpaired) electrons. The number of benzene rings is 3. The molecular weight excluding hydrogens is 611 g/mol. The number of carbonyl (C=O) groups excluding carboxylic acids is 2. The van der Waals surface area contributed by atoms with E-state index in [1.54, 1.807) is 41.3 Å². The molecule has 0 bridgehead atoms. The standard InChI is InChI=1S/C29H28BrCl3N2O3/c30-21-11-13-27(25(33)16-21)38-18-28(36)35(17-20-10-12-23(31)24(32)14-20)26(15-19-6-2-1-3-7-19)29(37)34-22-8-4-5-9-22/h1-3,6-7,10-14,16,22,26H,4-5,8-9,15,17-18H2,(H,34,37)/t26-/m0/s1. The Morgan fingerprint density at radius 3 is 2.34 bits per heavy atom. The van der Waals surface area contributed by atoms with E-state index in [1.807, 2.05) is 30.3 Å². The van der Waals surface area contributed by atoms with Crippen molar-refractivity contribution in [1.82, 2.24) is 10.2 Å². The Bertz CT molecular complexity index is 1270. The van der Waals surface area contributed by atoms with E-state index in [9.17, 15) is 9.59 Å². The van der Waals surface area contributed by atoms with Gasteiger partial charge in [-0.05, 0) is 54.3 Å². The van der Waals surface area contributed by atoms with Crippen molar-refractivity contribution in [3.05, 3.63) is 97.4 Å². The lowest BCUT2D eigenvalue weighted by Crippen LogP contribution is -2.53. The van der Waals surface area contributed by atoms with Crippen molar-refractivity contribution in [1.29, 1.82) is 0 Å². The molecule has 1 aliphatic rings. The number of nitrogens with zero attached hydrogens (tertiary/aromatic N) is 1. The third-order valence-electron chi connectivity index (χ3n) is 6.55. The monoisotopic (exact) mass is 636 g/mol. The molecule has 1 saturated carbocycles. The maximum atomic E-state index is 13.7. The highest BCUT2D eigenvalue weighted by atomic mass is 79.9. The van der Waals surface area contributed by atoms with Gasteiger partial charge >= 0.3 is 0 Å². The highest BCUT2D eigenvalue weighted by molar-refractivity contribution is 9.10. The Kier molecular flexibility index (Phi) is 10.4. The molecule has 1 fully saturated rings. The highest BCUT2D eigenvalue weighted by Crippen LogP contribution is 2.28. The van der Waals surface area contributed by atoms with Gasteiger partial charge in [0.2, 0.25) is 5.91 Å². The second-order valence-electron chi connectivity index (χ2n) is 9.33. The molecule has 2 amide bonds. The fourth-order valence-electron chi connectivity index (χ4n) is 4.57. The van der Waals surface area contributed by atoms with Gasteiger partial charge in [-0.3, -0.25) is 9.59 Å². The first-order chi connectivity index (χ1) is 18.3. The smallest absolute Gasteiger partial charge is 0.261 e. The summed E-state index contributed by atoms with van der Waals surface area (Å²) in [5.41, 5.74) is 1.70. The molecule has 0 unspecified atom stereocenters. The van der Waals surface area contributed by atoms with Crippen molar-refractivity contribution in [2.75, 3.05) is 6.61 Å². The Balaban J connectivity index is 1.63. The third kappa shape index (κ3) is 7.89. The predicted octanol–water partition coefficient (Wildman–Crippen LogP) is 7.49. The third-order valence-corrected chi connectivity index (χ3v) is 8.08. The number of hydrogen-bond donors (Lipinski definition) is 1. The first kappa shape index (κ1) is 28.8. The lowest BCUT2D eigenvalue weighted by molar-refractivity contribution is -0.143. The Hall–Kier alpha value is -2.25. The fraction of sp³-hybridized carbons (Fsp3) is 0.310. The van der Waals surface area contributed by atoms with Gasteiger partial charge in [-0.2, -0.15) is 0 Å². The van der Waals surface area contributed by atoms with Gasteiger partial charge < -0.3 is 15.0 Å². The number of ether oxygens (including phenoxy) is 1. The van der Waals surface area contributed by atoms with Crippen molar-refractivity contribution in [3.63, 3.8) is 0 Å². The molecule has 1 atom stereocenters. The van der Waals surface area contributed by atoms with Gasteiger partial charge in [-0.1, -0.05) is 100.0 Å². The summed E-state index contributed by atoms with van der Waals surface area (Å²) in [6.07, 6.45) is 4.40. The lowest BCUT2D eigenvalue weighted by atomic mass is 10.0. The second-order valence-corrected chi connectivity index (χ2v) is 11.5. The van der Waals surface area contributed by atoms with Gasteiger partial charge in [-0.15, -0.1) is 0 Å². The topological polar surface area (TPSA) is 58.6 Å². The minimum absolute atomic E-state index is 0.112. The summed E-state index contributed by atoms with van der Waals surface area (Å²) in [5, 5.41) is 4.36. The van der Waals surface area contributed by atoms with Crippen LogP contribution in [0.2, 0.25) is 15.1 Å². The summed E-state index contributed by atoms with van der Waals surface area (Å²) >= 11 is 22.1. The molecule has 38 heavy (non-hydrogen) atoms. The number of nitrogens with one attached hydrogen (secondary N) is 1. The van der Waals surface area contributed by atoms with E-state index in [0.29, 0.717) is 27.2 Å². The van der Waals surface area contributed by atoms with Crippen LogP contribution in [0.1, 0.15) is 36.8 Å². The average molecular weight is 639 g/mol. The van der Waals surface area contributed by atoms with Gasteiger partial charge in [0.15, 0.2) is 6.61 Å². The molecule has 0 heterocycles. The van der Waals surface area contributed by atoms with E-state index in [0.717, 1.165) is 41.3 Å². The molecule has 0 spiro atoms. The Morgan fingerprint density at radius 1 is 0.921 bits per heavy atom. The van der Waals surface area contributed by atoms with Crippen LogP contribution in [0, 0.1) is 0 Å². The van der Waals surface area contributed by atoms with Gasteiger partial charge in [0.05, 0.1) is 15.1 Å². The Morgan fingerprint density at radius 2 is 1.66 bits per heavy atom. The van der Waals surface area contributed by atoms with Crippen LogP contribution >= 0.6 is 50.7 Å². The average Bonchev–Trinajstić information content (AvgIpc) is 3.41. The minimum atomic E-state index is -0.760. The second kappa shape index (κ2) is 13.7. The molecule has 0 aliphatic heterocycles. The molecule has 200 valence electrons. The van der Waals surface area contributed by atoms with Crippen LogP contribution in [0.4, 0.5) is 0 Å². The molecule has 3 aromatic carbocycles. The highest BCUT2D eigenvalue weighted by Gasteiger charge is 2.32. The molecule has 3 aromatic rings. The summed E-state index contributed by atoms with van der Waals surface area (Å²) in [5.74, 6) is -0.152. The SMILES string of the molecule is O=C(NC1CCCC1)[C@H](Cc1ccccc1)N(Cc1ccc(Cl)c(Cl)c1)C(=O)COc1ccc(Br)cc1Cl. The van der Waals surface area contributed by atoms with Crippen LogP contribution in [0.5, 0.6) is 5.75 Å². The molecule has 1 aliphatic carbocycles. The zero-order valence-corrected chi connectivity index (χ0v) is 24.5. The minimum Gasteiger partial charge on any atom is -0.482 e. The molecule has 0 aromatic heterocycles. The lowest BCUT2D eigenvalue weighted by Gasteiger charge is -2.32. The van der Waals surface area contributed by atoms with E-state index >= 15 is 0 Å². The van der Waals surface area contributed by atoms with Crippen LogP contribution < -0.4 is 10.1 Å². The first-order valence-electron chi connectivity index (χ1n) is 12.5. The first-order valence-corrected chi connectivity index (χ1v) is 14.4. The van der Waals surface area contributed by atoms with Gasteiger partial charge in [0, 0.05) is 23.5 Å². The van der Waals surface area contributed by atoms with Crippen LogP contribution in [0.25, 0.3) is 0 Å². The van der Waals surface area contributed by atoms with E-state index in [4.69, 9.17) is 39.5 Å². The summed E-state index contributed by atoms with van der Waals surface area (Å²) in [4.78, 5) is 29.0. The summed E-state index contributed by atoms with van der Waals surface area (Å²) < 4.78 is 6.61. The number of rotatable bonds is 10. The number of amides is 2. The zero-order chi connectivity index (χ0) is 27.1. The fourth-order valence-corrected chi connectivity index (χ4v) is 5.62. The van der Waals surface area contributed by atoms with E-state index in [-0.39, 0.29) is 31.0 Å². The predicted molar refractivity (Wildman–Crippen MR) is 156 cm³/mol. The van der Waals surface area contributed by atoms with Crippen molar-refractivity contribution < 1.29 is 14.3 Å². The van der Waals surface area contributed by atoms with Crippen LogP contribution in [0.3, 0.4) is 0 Å². The molecule has 1 N–H and O–H groups in total. The number of halogens is 4. The number of hydrogen-bond acceptors (Lipinski definition) is 3. The summed E-state index contributed by atoms with van der Waals surface area (Å²) in [6, 6.07) is 19.4. The van der Waals surface area contributed by atoms with Crippen LogP contribution in [0.15, 0.2) is 71.2 Å². The summed E-state index contributed by atoms with van der Waals surface area (Å²) in [6.45, 7) is -0.132.